The van der Waals surface area contributed by atoms with Gasteiger partial charge in [-0.05, 0) is 31.2 Å². The molecular weight excluding hydrogens is 258 g/mol. The highest BCUT2D eigenvalue weighted by Crippen LogP contribution is 2.22. The van der Waals surface area contributed by atoms with Crippen molar-refractivity contribution in [3.8, 4) is 0 Å². The molecule has 0 aliphatic heterocycles. The molecule has 0 atom stereocenters. The number of hydrogen-bond acceptors (Lipinski definition) is 3. The molecule has 0 fully saturated rings. The predicted molar refractivity (Wildman–Crippen MR) is 89.3 cm³/mol. The number of fused-ring (bicyclic) bond motifs is 1. The smallest absolute Gasteiger partial charge is 0.129 e. The van der Waals surface area contributed by atoms with Crippen LogP contribution in [0.4, 0.5) is 11.5 Å². The van der Waals surface area contributed by atoms with Crippen LogP contribution in [0.15, 0.2) is 60.7 Å². The number of para-hydroxylation sites is 2. The minimum Gasteiger partial charge on any atom is -0.383 e. The van der Waals surface area contributed by atoms with E-state index in [1.165, 1.54) is 5.69 Å². The number of anilines is 2. The quantitative estimate of drug-likeness (QED) is 0.787. The molecular formula is C18H19N3. The molecule has 0 unspecified atom stereocenters. The zero-order chi connectivity index (χ0) is 14.7. The first-order valence-corrected chi connectivity index (χ1v) is 7.22. The highest BCUT2D eigenvalue weighted by atomic mass is 15.1. The lowest BCUT2D eigenvalue weighted by Gasteiger charge is -2.23. The number of nitrogen functional groups attached to an aromatic ring is 1. The van der Waals surface area contributed by atoms with Crippen molar-refractivity contribution >= 4 is 22.4 Å². The van der Waals surface area contributed by atoms with Gasteiger partial charge in [0.25, 0.3) is 0 Å². The van der Waals surface area contributed by atoms with Gasteiger partial charge in [-0.15, -0.1) is 0 Å². The van der Waals surface area contributed by atoms with Gasteiger partial charge in [0.1, 0.15) is 5.82 Å². The fourth-order valence-electron chi connectivity index (χ4n) is 2.53. The van der Waals surface area contributed by atoms with Gasteiger partial charge in [-0.1, -0.05) is 36.4 Å². The highest BCUT2D eigenvalue weighted by molar-refractivity contribution is 5.81. The van der Waals surface area contributed by atoms with Crippen molar-refractivity contribution < 1.29 is 0 Å². The summed E-state index contributed by atoms with van der Waals surface area (Å²) in [6.45, 7) is 3.85. The fraction of sp³-hybridized carbons (Fsp3) is 0.167. The van der Waals surface area contributed by atoms with Gasteiger partial charge in [0, 0.05) is 29.7 Å². The third-order valence-corrected chi connectivity index (χ3v) is 3.70. The van der Waals surface area contributed by atoms with Gasteiger partial charge in [0.05, 0.1) is 5.52 Å². The number of pyridine rings is 1. The largest absolute Gasteiger partial charge is 0.383 e. The zero-order valence-electron chi connectivity index (χ0n) is 12.2. The van der Waals surface area contributed by atoms with E-state index in [0.29, 0.717) is 5.82 Å². The summed E-state index contributed by atoms with van der Waals surface area (Å²) in [5.41, 5.74) is 9.35. The van der Waals surface area contributed by atoms with E-state index in [1.54, 1.807) is 0 Å². The van der Waals surface area contributed by atoms with Crippen LogP contribution in [0.2, 0.25) is 0 Å². The van der Waals surface area contributed by atoms with E-state index >= 15 is 0 Å². The summed E-state index contributed by atoms with van der Waals surface area (Å²) in [7, 11) is 0. The van der Waals surface area contributed by atoms with E-state index < -0.39 is 0 Å². The summed E-state index contributed by atoms with van der Waals surface area (Å²) in [6, 6.07) is 20.6. The standard InChI is InChI=1S/C18H19N3/c1-2-21(16-9-4-3-5-10-16)13-15-12-14-8-6-7-11-17(14)20-18(15)19/h3-12H,2,13H2,1H3,(H2,19,20). The predicted octanol–water partition coefficient (Wildman–Crippen LogP) is 3.84. The normalized spacial score (nSPS) is 10.7. The summed E-state index contributed by atoms with van der Waals surface area (Å²) < 4.78 is 0. The van der Waals surface area contributed by atoms with E-state index in [1.807, 2.05) is 24.3 Å². The van der Waals surface area contributed by atoms with E-state index in [-0.39, 0.29) is 0 Å². The maximum atomic E-state index is 6.13. The third-order valence-electron chi connectivity index (χ3n) is 3.70. The van der Waals surface area contributed by atoms with Crippen molar-refractivity contribution in [2.75, 3.05) is 17.2 Å². The Balaban J connectivity index is 1.95. The molecule has 3 nitrogen and oxygen atoms in total. The lowest BCUT2D eigenvalue weighted by Crippen LogP contribution is -2.22. The second-order valence-corrected chi connectivity index (χ2v) is 5.08. The van der Waals surface area contributed by atoms with Crippen LogP contribution in [0.25, 0.3) is 10.9 Å². The van der Waals surface area contributed by atoms with Gasteiger partial charge in [-0.2, -0.15) is 0 Å². The molecule has 0 bridgehead atoms. The van der Waals surface area contributed by atoms with Crippen LogP contribution >= 0.6 is 0 Å². The molecule has 0 radical (unpaired) electrons. The minimum absolute atomic E-state index is 0.614. The van der Waals surface area contributed by atoms with Crippen LogP contribution < -0.4 is 10.6 Å². The van der Waals surface area contributed by atoms with E-state index in [0.717, 1.165) is 29.6 Å². The molecule has 0 saturated heterocycles. The summed E-state index contributed by atoms with van der Waals surface area (Å²) in [4.78, 5) is 6.80. The molecule has 2 aromatic carbocycles. The maximum absolute atomic E-state index is 6.13. The molecule has 1 aromatic heterocycles. The average Bonchev–Trinajstić information content (AvgIpc) is 2.53. The molecule has 0 saturated carbocycles. The number of aromatic nitrogens is 1. The Hall–Kier alpha value is -2.55. The molecule has 0 aliphatic rings. The van der Waals surface area contributed by atoms with Crippen molar-refractivity contribution in [1.82, 2.24) is 4.98 Å². The Morgan fingerprint density at radius 3 is 2.48 bits per heavy atom. The van der Waals surface area contributed by atoms with Gasteiger partial charge in [0.15, 0.2) is 0 Å². The Bertz CT molecular complexity index is 738. The van der Waals surface area contributed by atoms with Crippen molar-refractivity contribution in [3.63, 3.8) is 0 Å². The first kappa shape index (κ1) is 13.4. The van der Waals surface area contributed by atoms with Crippen LogP contribution in [-0.4, -0.2) is 11.5 Å². The fourth-order valence-corrected chi connectivity index (χ4v) is 2.53. The van der Waals surface area contributed by atoms with Crippen molar-refractivity contribution in [3.05, 3.63) is 66.2 Å². The van der Waals surface area contributed by atoms with Crippen LogP contribution in [0.3, 0.4) is 0 Å². The Morgan fingerprint density at radius 1 is 1.00 bits per heavy atom. The molecule has 106 valence electrons. The molecule has 3 rings (SSSR count). The molecule has 0 amide bonds. The van der Waals surface area contributed by atoms with E-state index in [2.05, 4.69) is 53.2 Å². The van der Waals surface area contributed by atoms with Crippen molar-refractivity contribution in [2.24, 2.45) is 0 Å². The second kappa shape index (κ2) is 5.83. The topological polar surface area (TPSA) is 42.2 Å². The van der Waals surface area contributed by atoms with E-state index in [4.69, 9.17) is 5.73 Å². The van der Waals surface area contributed by atoms with Gasteiger partial charge >= 0.3 is 0 Å². The van der Waals surface area contributed by atoms with Crippen LogP contribution in [-0.2, 0) is 6.54 Å². The molecule has 1 heterocycles. The molecule has 3 aromatic rings. The molecule has 21 heavy (non-hydrogen) atoms. The number of nitrogens with two attached hydrogens (primary N) is 1. The molecule has 3 heteroatoms. The Kier molecular flexibility index (Phi) is 3.73. The maximum Gasteiger partial charge on any atom is 0.129 e. The summed E-state index contributed by atoms with van der Waals surface area (Å²) in [6.07, 6.45) is 0. The van der Waals surface area contributed by atoms with Crippen molar-refractivity contribution in [2.45, 2.75) is 13.5 Å². The highest BCUT2D eigenvalue weighted by Gasteiger charge is 2.09. The van der Waals surface area contributed by atoms with Crippen LogP contribution in [0.1, 0.15) is 12.5 Å². The second-order valence-electron chi connectivity index (χ2n) is 5.08. The van der Waals surface area contributed by atoms with Crippen LogP contribution in [0.5, 0.6) is 0 Å². The summed E-state index contributed by atoms with van der Waals surface area (Å²) >= 11 is 0. The Morgan fingerprint density at radius 2 is 1.71 bits per heavy atom. The van der Waals surface area contributed by atoms with Gasteiger partial charge in [-0.25, -0.2) is 4.98 Å². The summed E-state index contributed by atoms with van der Waals surface area (Å²) in [5.74, 6) is 0.614. The molecule has 0 spiro atoms. The zero-order valence-corrected chi connectivity index (χ0v) is 12.2. The Labute approximate surface area is 125 Å². The number of rotatable bonds is 4. The van der Waals surface area contributed by atoms with E-state index in [9.17, 15) is 0 Å². The number of benzene rings is 2. The molecule has 2 N–H and O–H groups in total. The lowest BCUT2D eigenvalue weighted by molar-refractivity contribution is 0.832. The average molecular weight is 277 g/mol. The van der Waals surface area contributed by atoms with Crippen molar-refractivity contribution in [1.29, 1.82) is 0 Å². The lowest BCUT2D eigenvalue weighted by atomic mass is 10.1. The monoisotopic (exact) mass is 277 g/mol. The number of hydrogen-bond donors (Lipinski definition) is 1. The third kappa shape index (κ3) is 2.82. The van der Waals surface area contributed by atoms with Gasteiger partial charge in [0.2, 0.25) is 0 Å². The summed E-state index contributed by atoms with van der Waals surface area (Å²) in [5, 5.41) is 1.13. The minimum atomic E-state index is 0.614. The van der Waals surface area contributed by atoms with Crippen LogP contribution in [0, 0.1) is 0 Å². The first-order chi connectivity index (χ1) is 10.3. The SMILES string of the molecule is CCN(Cc1cc2ccccc2nc1N)c1ccccc1. The van der Waals surface area contributed by atoms with Gasteiger partial charge < -0.3 is 10.6 Å². The first-order valence-electron chi connectivity index (χ1n) is 7.22. The molecule has 0 aliphatic carbocycles. The number of nitrogens with zero attached hydrogens (tertiary/aromatic N) is 2. The van der Waals surface area contributed by atoms with Gasteiger partial charge in [-0.3, -0.25) is 0 Å².